The van der Waals surface area contributed by atoms with Gasteiger partial charge in [0.1, 0.15) is 18.9 Å². The summed E-state index contributed by atoms with van der Waals surface area (Å²) in [5.41, 5.74) is 0.530. The van der Waals surface area contributed by atoms with E-state index in [1.54, 1.807) is 0 Å². The lowest BCUT2D eigenvalue weighted by atomic mass is 10.4. The van der Waals surface area contributed by atoms with Crippen molar-refractivity contribution < 1.29 is 26.8 Å². The summed E-state index contributed by atoms with van der Waals surface area (Å²) in [6, 6.07) is 0. The molecule has 0 saturated heterocycles. The van der Waals surface area contributed by atoms with E-state index in [0.717, 1.165) is 0 Å². The fourth-order valence-corrected chi connectivity index (χ4v) is 8.63. The molecule has 0 rings (SSSR count). The first-order chi connectivity index (χ1) is 11.1. The molecule has 0 N–H and O–H groups in total. The van der Waals surface area contributed by atoms with E-state index in [-0.39, 0.29) is 13.2 Å². The molecule has 0 aliphatic heterocycles. The van der Waals surface area contributed by atoms with Crippen LogP contribution in [0.3, 0.4) is 0 Å². The van der Waals surface area contributed by atoms with Crippen molar-refractivity contribution >= 4 is 38.5 Å². The summed E-state index contributed by atoms with van der Waals surface area (Å²) < 4.78 is 36.1. The van der Waals surface area contributed by atoms with E-state index < -0.39 is 32.8 Å². The molecular weight excluding hydrogens is 393 g/mol. The van der Waals surface area contributed by atoms with Crippen LogP contribution in [0.1, 0.15) is 6.92 Å². The highest BCUT2D eigenvalue weighted by Crippen LogP contribution is 2.53. The first-order valence-electron chi connectivity index (χ1n) is 8.53. The molecule has 25 heavy (non-hydrogen) atoms. The zero-order valence-corrected chi connectivity index (χ0v) is 21.4. The molecule has 0 saturated carbocycles. The Morgan fingerprint density at radius 3 is 1.68 bits per heavy atom. The second-order valence-corrected chi connectivity index (χ2v) is 24.2. The van der Waals surface area contributed by atoms with Crippen LogP contribution in [0.25, 0.3) is 0 Å². The van der Waals surface area contributed by atoms with Crippen molar-refractivity contribution in [2.75, 3.05) is 19.8 Å². The Kier molecular flexibility index (Phi) is 10.0. The number of hydrogen-bond acceptors (Lipinski definition) is 7. The van der Waals surface area contributed by atoms with Crippen LogP contribution in [0, 0.1) is 0 Å². The molecule has 0 aliphatic carbocycles. The van der Waals surface area contributed by atoms with E-state index in [1.807, 2.05) is 46.2 Å². The lowest BCUT2D eigenvalue weighted by Gasteiger charge is -2.30. The Labute approximate surface area is 156 Å². The van der Waals surface area contributed by atoms with E-state index >= 15 is 0 Å². The first-order valence-corrected chi connectivity index (χ1v) is 20.2. The summed E-state index contributed by atoms with van der Waals surface area (Å²) in [7, 11) is -9.64. The highest BCUT2D eigenvalue weighted by molar-refractivity contribution is 7.52. The van der Waals surface area contributed by atoms with E-state index in [9.17, 15) is 4.57 Å². The molecule has 0 radical (unpaired) electrons. The van der Waals surface area contributed by atoms with Crippen LogP contribution >= 0.6 is 7.82 Å². The maximum Gasteiger partial charge on any atom is 0.455 e. The van der Waals surface area contributed by atoms with Gasteiger partial charge in [-0.25, -0.2) is 4.57 Å². The van der Waals surface area contributed by atoms with Crippen molar-refractivity contribution in [3.05, 3.63) is 0 Å². The third-order valence-electron chi connectivity index (χ3n) is 2.16. The highest BCUT2D eigenvalue weighted by Gasteiger charge is 2.38. The molecule has 0 aliphatic rings. The van der Waals surface area contributed by atoms with Crippen molar-refractivity contribution in [1.29, 1.82) is 0 Å². The van der Waals surface area contributed by atoms with E-state index in [0.29, 0.717) is 12.3 Å². The minimum Gasteiger partial charge on any atom is -0.412 e. The monoisotopic (exact) mass is 429 g/mol. The molecule has 0 amide bonds. The van der Waals surface area contributed by atoms with Crippen molar-refractivity contribution in [2.24, 2.45) is 5.16 Å². The van der Waals surface area contributed by atoms with Crippen LogP contribution in [0.2, 0.25) is 58.9 Å². The van der Waals surface area contributed by atoms with E-state index in [2.05, 4.69) is 24.8 Å². The second-order valence-electron chi connectivity index (χ2n) is 8.60. The summed E-state index contributed by atoms with van der Waals surface area (Å²) in [6.07, 6.45) is 0. The van der Waals surface area contributed by atoms with Crippen LogP contribution in [0.4, 0.5) is 0 Å². The fourth-order valence-electron chi connectivity index (χ4n) is 1.45. The third-order valence-corrected chi connectivity index (χ3v) is 9.78. The maximum atomic E-state index is 13.1. The Morgan fingerprint density at radius 1 is 0.840 bits per heavy atom. The van der Waals surface area contributed by atoms with Gasteiger partial charge in [-0.3, -0.25) is 4.52 Å². The Hall–Kier alpha value is 0.191. The molecule has 0 aromatic rings. The zero-order valence-electron chi connectivity index (χ0n) is 17.5. The summed E-state index contributed by atoms with van der Waals surface area (Å²) in [6.45, 7) is 20.5. The van der Waals surface area contributed by atoms with Crippen molar-refractivity contribution in [3.8, 4) is 0 Å². The van der Waals surface area contributed by atoms with E-state index in [4.69, 9.17) is 22.2 Å². The largest absolute Gasteiger partial charge is 0.455 e. The maximum absolute atomic E-state index is 13.1. The predicted molar refractivity (Wildman–Crippen MR) is 111 cm³/mol. The Balaban J connectivity index is 5.14. The predicted octanol–water partition coefficient (Wildman–Crippen LogP) is 5.06. The van der Waals surface area contributed by atoms with Crippen LogP contribution in [-0.2, 0) is 26.8 Å². The smallest absolute Gasteiger partial charge is 0.412 e. The van der Waals surface area contributed by atoms with Gasteiger partial charge in [0, 0.05) is 0 Å². The summed E-state index contributed by atoms with van der Waals surface area (Å²) in [4.78, 5) is 5.12. The minimum absolute atomic E-state index is 0.0171. The fraction of sp³-hybridized carbons (Fsp3) is 0.929. The molecule has 0 aromatic heterocycles. The van der Waals surface area contributed by atoms with Crippen molar-refractivity contribution in [1.82, 2.24) is 0 Å². The third kappa shape index (κ3) is 15.0. The van der Waals surface area contributed by atoms with Crippen LogP contribution in [0.15, 0.2) is 5.16 Å². The second kappa shape index (κ2) is 9.93. The van der Waals surface area contributed by atoms with Gasteiger partial charge in [-0.1, -0.05) is 5.16 Å². The number of nitrogens with zero attached hydrogens (tertiary/aromatic N) is 1. The molecule has 11 heteroatoms. The molecule has 0 fully saturated rings. The van der Waals surface area contributed by atoms with E-state index in [1.165, 1.54) is 0 Å². The summed E-state index contributed by atoms with van der Waals surface area (Å²) >= 11 is 0. The van der Waals surface area contributed by atoms with Gasteiger partial charge in [-0.05, 0) is 65.8 Å². The van der Waals surface area contributed by atoms with Gasteiger partial charge < -0.3 is 17.7 Å². The summed E-state index contributed by atoms with van der Waals surface area (Å²) in [5, 5.41) is 4.02. The van der Waals surface area contributed by atoms with Gasteiger partial charge >= 0.3 is 7.82 Å². The lowest BCUT2D eigenvalue weighted by molar-refractivity contribution is 0.152. The van der Waals surface area contributed by atoms with Crippen molar-refractivity contribution in [2.45, 2.75) is 65.8 Å². The Bertz CT molecular complexity index is 462. The van der Waals surface area contributed by atoms with Crippen molar-refractivity contribution in [3.63, 3.8) is 0 Å². The first kappa shape index (κ1) is 25.2. The summed E-state index contributed by atoms with van der Waals surface area (Å²) in [5.74, 6) is 0. The lowest BCUT2D eigenvalue weighted by Crippen LogP contribution is -2.32. The van der Waals surface area contributed by atoms with Gasteiger partial charge in [0.05, 0.1) is 6.61 Å². The molecule has 0 heterocycles. The molecule has 0 spiro atoms. The van der Waals surface area contributed by atoms with Crippen LogP contribution < -0.4 is 0 Å². The minimum atomic E-state index is -3.67. The quantitative estimate of drug-likeness (QED) is 0.187. The topological polar surface area (TPSA) is 75.6 Å². The number of phosphoric acid groups is 1. The molecular formula is C14H36NO6PSi3. The van der Waals surface area contributed by atoms with Gasteiger partial charge in [0.25, 0.3) is 0 Å². The van der Waals surface area contributed by atoms with Gasteiger partial charge in [0.2, 0.25) is 0 Å². The SMILES string of the molecule is CCO/N=C(/CO[Si](C)(C)C)COP(=O)(O[Si](C)(C)C)O[Si](C)(C)C. The van der Waals surface area contributed by atoms with Crippen LogP contribution in [-0.4, -0.2) is 50.5 Å². The molecule has 0 bridgehead atoms. The number of hydrogen-bond donors (Lipinski definition) is 0. The normalized spacial score (nSPS) is 14.7. The number of rotatable bonds is 12. The standard InChI is InChI=1S/C14H36NO6PSi3/c1-11-17-15-14(13-19-23(2,3)4)12-18-22(16,20-24(5,6)7)21-25(8,9)10/h11-13H2,1-10H3/b15-14+. The van der Waals surface area contributed by atoms with Gasteiger partial charge in [-0.2, -0.15) is 0 Å². The van der Waals surface area contributed by atoms with Gasteiger partial charge in [0.15, 0.2) is 25.0 Å². The van der Waals surface area contributed by atoms with Gasteiger partial charge in [-0.15, -0.1) is 0 Å². The average Bonchev–Trinajstić information content (AvgIpc) is 2.31. The Morgan fingerprint density at radius 2 is 1.32 bits per heavy atom. The molecule has 7 nitrogen and oxygen atoms in total. The molecule has 0 atom stereocenters. The molecule has 150 valence electrons. The highest BCUT2D eigenvalue weighted by atomic mass is 31.2. The molecule has 0 aromatic carbocycles. The molecule has 0 unspecified atom stereocenters. The average molecular weight is 430 g/mol. The van der Waals surface area contributed by atoms with Crippen LogP contribution in [0.5, 0.6) is 0 Å². The zero-order chi connectivity index (χ0) is 19.9. The number of oxime groups is 1.